The lowest BCUT2D eigenvalue weighted by Gasteiger charge is -2.24. The number of methoxy groups -OCH3 is 2. The van der Waals surface area contributed by atoms with Gasteiger partial charge in [0.15, 0.2) is 5.78 Å². The van der Waals surface area contributed by atoms with Crippen molar-refractivity contribution in [3.8, 4) is 11.5 Å². The highest BCUT2D eigenvalue weighted by atomic mass is 16.5. The average molecular weight is 389 g/mol. The summed E-state index contributed by atoms with van der Waals surface area (Å²) in [5.41, 5.74) is 6.98. The maximum absolute atomic E-state index is 13.7. The second-order valence-corrected chi connectivity index (χ2v) is 7.38. The Morgan fingerprint density at radius 2 is 1.10 bits per heavy atom. The molecule has 3 heteroatoms. The Hall–Kier alpha value is -3.07. The van der Waals surface area contributed by atoms with Crippen LogP contribution in [0.1, 0.15) is 49.7 Å². The van der Waals surface area contributed by atoms with Crippen molar-refractivity contribution in [3.63, 3.8) is 0 Å². The van der Waals surface area contributed by atoms with Gasteiger partial charge in [0.25, 0.3) is 0 Å². The van der Waals surface area contributed by atoms with Crippen LogP contribution in [0.15, 0.2) is 54.6 Å². The summed E-state index contributed by atoms with van der Waals surface area (Å²) in [4.78, 5) is 13.7. The van der Waals surface area contributed by atoms with Gasteiger partial charge in [0.1, 0.15) is 11.5 Å². The molecule has 150 valence electrons. The fraction of sp³-hybridized carbons (Fsp3) is 0.269. The smallest absolute Gasteiger partial charge is 0.174 e. The molecule has 0 unspecified atom stereocenters. The number of Topliss-reactive ketones (excluding diaryl/α,β-unsaturated/α-hetero) is 1. The predicted molar refractivity (Wildman–Crippen MR) is 118 cm³/mol. The molecular weight excluding hydrogens is 360 g/mol. The Kier molecular flexibility index (Phi) is 6.07. The predicted octanol–water partition coefficient (Wildman–Crippen LogP) is 5.95. The Morgan fingerprint density at radius 1 is 0.655 bits per heavy atom. The lowest BCUT2D eigenvalue weighted by atomic mass is 9.79. The molecule has 0 saturated carbocycles. The molecule has 0 heterocycles. The minimum Gasteiger partial charge on any atom is -0.496 e. The van der Waals surface area contributed by atoms with E-state index in [4.69, 9.17) is 9.47 Å². The minimum absolute atomic E-state index is 0.0888. The summed E-state index contributed by atoms with van der Waals surface area (Å²) < 4.78 is 11.0. The van der Waals surface area contributed by atoms with Gasteiger partial charge >= 0.3 is 0 Å². The van der Waals surface area contributed by atoms with Crippen LogP contribution >= 0.6 is 0 Å². The van der Waals surface area contributed by atoms with Gasteiger partial charge in [-0.1, -0.05) is 42.5 Å². The molecule has 0 N–H and O–H groups in total. The van der Waals surface area contributed by atoms with Crippen molar-refractivity contribution in [2.24, 2.45) is 0 Å². The van der Waals surface area contributed by atoms with Gasteiger partial charge < -0.3 is 9.47 Å². The largest absolute Gasteiger partial charge is 0.496 e. The number of carbonyl (C=O) groups excluding carboxylic acids is 1. The molecule has 0 amide bonds. The van der Waals surface area contributed by atoms with Gasteiger partial charge in [0, 0.05) is 5.56 Å². The lowest BCUT2D eigenvalue weighted by molar-refractivity contribution is 0.0973. The van der Waals surface area contributed by atoms with Crippen LogP contribution < -0.4 is 9.47 Å². The van der Waals surface area contributed by atoms with Crippen molar-refractivity contribution in [1.82, 2.24) is 0 Å². The lowest BCUT2D eigenvalue weighted by Crippen LogP contribution is -2.18. The maximum atomic E-state index is 13.7. The number of carbonyl (C=O) groups is 1. The zero-order valence-electron chi connectivity index (χ0n) is 18.0. The highest BCUT2D eigenvalue weighted by Crippen LogP contribution is 2.38. The van der Waals surface area contributed by atoms with Crippen LogP contribution in [0.2, 0.25) is 0 Å². The summed E-state index contributed by atoms with van der Waals surface area (Å²) in [6.45, 7) is 8.19. The van der Waals surface area contributed by atoms with Crippen LogP contribution in [0.3, 0.4) is 0 Å². The third kappa shape index (κ3) is 3.77. The maximum Gasteiger partial charge on any atom is 0.174 e. The number of benzene rings is 3. The monoisotopic (exact) mass is 388 g/mol. The van der Waals surface area contributed by atoms with E-state index < -0.39 is 5.92 Å². The topological polar surface area (TPSA) is 35.5 Å². The van der Waals surface area contributed by atoms with Crippen LogP contribution in [-0.2, 0) is 0 Å². The van der Waals surface area contributed by atoms with Crippen LogP contribution in [-0.4, -0.2) is 20.0 Å². The summed E-state index contributed by atoms with van der Waals surface area (Å²) >= 11 is 0. The molecule has 3 aromatic carbocycles. The third-order valence-corrected chi connectivity index (χ3v) is 5.94. The molecule has 0 aliphatic heterocycles. The van der Waals surface area contributed by atoms with E-state index in [2.05, 4.69) is 13.8 Å². The number of ketones is 1. The first kappa shape index (κ1) is 20.7. The second kappa shape index (κ2) is 8.52. The highest BCUT2D eigenvalue weighted by Gasteiger charge is 2.28. The number of ether oxygens (including phenoxy) is 2. The van der Waals surface area contributed by atoms with E-state index in [1.54, 1.807) is 14.2 Å². The fourth-order valence-electron chi connectivity index (χ4n) is 3.92. The second-order valence-electron chi connectivity index (χ2n) is 7.38. The van der Waals surface area contributed by atoms with Crippen molar-refractivity contribution >= 4 is 5.78 Å². The van der Waals surface area contributed by atoms with Crippen LogP contribution in [0.5, 0.6) is 11.5 Å². The standard InChI is InChI=1S/C26H28O3/c1-16-18(3)23(28-5)14-12-21(16)25(26(27)20-10-8-7-9-11-20)22-13-15-24(29-6)19(4)17(22)2/h7-15,25H,1-6H3. The molecule has 0 aliphatic rings. The summed E-state index contributed by atoms with van der Waals surface area (Å²) in [5, 5.41) is 0. The van der Waals surface area contributed by atoms with Crippen molar-refractivity contribution < 1.29 is 14.3 Å². The van der Waals surface area contributed by atoms with Crippen LogP contribution in [0, 0.1) is 27.7 Å². The molecule has 0 saturated heterocycles. The Morgan fingerprint density at radius 3 is 1.52 bits per heavy atom. The molecule has 0 bridgehead atoms. The molecule has 0 aromatic heterocycles. The van der Waals surface area contributed by atoms with E-state index in [1.165, 1.54) is 0 Å². The summed E-state index contributed by atoms with van der Waals surface area (Å²) in [7, 11) is 3.34. The molecular formula is C26H28O3. The fourth-order valence-corrected chi connectivity index (χ4v) is 3.92. The Balaban J connectivity index is 2.26. The van der Waals surface area contributed by atoms with Gasteiger partial charge in [0.05, 0.1) is 20.1 Å². The zero-order chi connectivity index (χ0) is 21.1. The summed E-state index contributed by atoms with van der Waals surface area (Å²) in [5.74, 6) is 1.36. The molecule has 0 radical (unpaired) electrons. The molecule has 0 spiro atoms. The zero-order valence-corrected chi connectivity index (χ0v) is 18.0. The van der Waals surface area contributed by atoms with Gasteiger partial charge in [-0.2, -0.15) is 0 Å². The molecule has 0 atom stereocenters. The van der Waals surface area contributed by atoms with E-state index in [1.807, 2.05) is 68.4 Å². The molecule has 3 rings (SSSR count). The van der Waals surface area contributed by atoms with E-state index in [-0.39, 0.29) is 5.78 Å². The van der Waals surface area contributed by atoms with E-state index in [9.17, 15) is 4.79 Å². The Bertz CT molecular complexity index is 976. The van der Waals surface area contributed by atoms with Crippen molar-refractivity contribution in [2.45, 2.75) is 33.6 Å². The van der Waals surface area contributed by atoms with Gasteiger partial charge in [-0.05, 0) is 73.2 Å². The molecule has 0 fully saturated rings. The number of rotatable bonds is 6. The average Bonchev–Trinajstić information content (AvgIpc) is 2.75. The van der Waals surface area contributed by atoms with Crippen molar-refractivity contribution in [1.29, 1.82) is 0 Å². The minimum atomic E-state index is -0.397. The third-order valence-electron chi connectivity index (χ3n) is 5.94. The van der Waals surface area contributed by atoms with Gasteiger partial charge in [-0.25, -0.2) is 0 Å². The highest BCUT2D eigenvalue weighted by molar-refractivity contribution is 6.03. The van der Waals surface area contributed by atoms with Crippen molar-refractivity contribution in [3.05, 3.63) is 93.5 Å². The van der Waals surface area contributed by atoms with E-state index in [0.29, 0.717) is 5.56 Å². The van der Waals surface area contributed by atoms with Gasteiger partial charge in [-0.15, -0.1) is 0 Å². The molecule has 29 heavy (non-hydrogen) atoms. The number of hydrogen-bond acceptors (Lipinski definition) is 3. The molecule has 0 aliphatic carbocycles. The molecule has 3 aromatic rings. The normalized spacial score (nSPS) is 10.9. The van der Waals surface area contributed by atoms with Crippen LogP contribution in [0.25, 0.3) is 0 Å². The van der Waals surface area contributed by atoms with E-state index in [0.717, 1.165) is 44.9 Å². The number of hydrogen-bond donors (Lipinski definition) is 0. The quantitative estimate of drug-likeness (QED) is 0.489. The first-order chi connectivity index (χ1) is 13.9. The van der Waals surface area contributed by atoms with Gasteiger partial charge in [0.2, 0.25) is 0 Å². The summed E-state index contributed by atoms with van der Waals surface area (Å²) in [6, 6.07) is 17.4. The Labute approximate surface area is 173 Å². The first-order valence-electron chi connectivity index (χ1n) is 9.78. The van der Waals surface area contributed by atoms with Crippen LogP contribution in [0.4, 0.5) is 0 Å². The van der Waals surface area contributed by atoms with Crippen molar-refractivity contribution in [2.75, 3.05) is 14.2 Å². The van der Waals surface area contributed by atoms with Gasteiger partial charge in [-0.3, -0.25) is 4.79 Å². The first-order valence-corrected chi connectivity index (χ1v) is 9.78. The van der Waals surface area contributed by atoms with E-state index >= 15 is 0 Å². The molecule has 3 nitrogen and oxygen atoms in total. The SMILES string of the molecule is COc1ccc(C(C(=O)c2ccccc2)c2ccc(OC)c(C)c2C)c(C)c1C. The summed E-state index contributed by atoms with van der Waals surface area (Å²) in [6.07, 6.45) is 0.